The van der Waals surface area contributed by atoms with Gasteiger partial charge in [-0.05, 0) is 18.6 Å². The molecule has 0 heterocycles. The quantitative estimate of drug-likeness (QED) is 0.537. The first kappa shape index (κ1) is 12.0. The summed E-state index contributed by atoms with van der Waals surface area (Å²) in [4.78, 5) is 0. The second-order valence-electron chi connectivity index (χ2n) is 2.68. The predicted octanol–water partition coefficient (Wildman–Crippen LogP) is 1.32. The van der Waals surface area contributed by atoms with Gasteiger partial charge in [-0.1, -0.05) is 6.92 Å². The maximum Gasteiger partial charge on any atom is 0.153 e. The van der Waals surface area contributed by atoms with Crippen LogP contribution in [0.4, 0.5) is 0 Å². The van der Waals surface area contributed by atoms with Gasteiger partial charge in [0, 0.05) is 6.26 Å². The molecule has 0 spiro atoms. The normalized spacial score (nSPS) is 14.6. The Bertz CT molecular complexity index is 311. The zero-order valence-electron chi connectivity index (χ0n) is 7.69. The molecule has 4 nitrogen and oxygen atoms in total. The summed E-state index contributed by atoms with van der Waals surface area (Å²) in [5.74, 6) is -0.959. The van der Waals surface area contributed by atoms with Gasteiger partial charge in [0.25, 0.3) is 0 Å². The fourth-order valence-corrected chi connectivity index (χ4v) is 1.09. The largest absolute Gasteiger partial charge is 0.504 e. The summed E-state index contributed by atoms with van der Waals surface area (Å²) >= 11 is 0. The molecule has 0 aliphatic heterocycles. The molecule has 0 radical (unpaired) electrons. The number of aliphatic hydroxyl groups is 2. The van der Waals surface area contributed by atoms with E-state index in [4.69, 9.17) is 10.2 Å². The molecule has 0 amide bonds. The molecule has 76 valence electrons. The maximum absolute atomic E-state index is 10.7. The van der Waals surface area contributed by atoms with Crippen molar-refractivity contribution in [2.45, 2.75) is 13.3 Å². The van der Waals surface area contributed by atoms with Gasteiger partial charge in [-0.2, -0.15) is 0 Å². The first-order valence-corrected chi connectivity index (χ1v) is 5.89. The standard InChI is InChI=1S/C8H14O4S/c1-3-4-7(9)8(10)5-6-13(2,11)12/h4-5,9-10H,3,6H2,1-2H3/b7-4+,8-5+. The van der Waals surface area contributed by atoms with E-state index in [1.54, 1.807) is 6.92 Å². The monoisotopic (exact) mass is 206 g/mol. The second kappa shape index (κ2) is 4.91. The Morgan fingerprint density at radius 1 is 1.23 bits per heavy atom. The van der Waals surface area contributed by atoms with E-state index in [2.05, 4.69) is 0 Å². The Morgan fingerprint density at radius 2 is 1.69 bits per heavy atom. The summed E-state index contributed by atoms with van der Waals surface area (Å²) in [6.07, 6.45) is 4.09. The minimum atomic E-state index is -3.14. The molecule has 0 saturated heterocycles. The van der Waals surface area contributed by atoms with Crippen LogP contribution in [0.2, 0.25) is 0 Å². The third kappa shape index (κ3) is 6.21. The Kier molecular flexibility index (Phi) is 4.55. The molecule has 0 fully saturated rings. The van der Waals surface area contributed by atoms with Crippen LogP contribution in [0.1, 0.15) is 13.3 Å². The van der Waals surface area contributed by atoms with Crippen LogP contribution in [-0.2, 0) is 9.84 Å². The van der Waals surface area contributed by atoms with Gasteiger partial charge in [0.15, 0.2) is 21.4 Å². The summed E-state index contributed by atoms with van der Waals surface area (Å²) in [5.41, 5.74) is 0. The second-order valence-corrected chi connectivity index (χ2v) is 4.86. The van der Waals surface area contributed by atoms with E-state index in [-0.39, 0.29) is 11.5 Å². The zero-order chi connectivity index (χ0) is 10.5. The lowest BCUT2D eigenvalue weighted by atomic mass is 10.3. The van der Waals surface area contributed by atoms with Crippen LogP contribution >= 0.6 is 0 Å². The van der Waals surface area contributed by atoms with Gasteiger partial charge >= 0.3 is 0 Å². The lowest BCUT2D eigenvalue weighted by molar-refractivity contribution is 0.324. The van der Waals surface area contributed by atoms with Gasteiger partial charge in [-0.15, -0.1) is 0 Å². The van der Waals surface area contributed by atoms with Crippen molar-refractivity contribution in [2.75, 3.05) is 12.0 Å². The Morgan fingerprint density at radius 3 is 2.08 bits per heavy atom. The first-order chi connectivity index (χ1) is 5.87. The van der Waals surface area contributed by atoms with Crippen molar-refractivity contribution < 1.29 is 18.6 Å². The van der Waals surface area contributed by atoms with E-state index in [0.717, 1.165) is 12.3 Å². The van der Waals surface area contributed by atoms with Crippen molar-refractivity contribution in [3.8, 4) is 0 Å². The molecule has 2 N–H and O–H groups in total. The summed E-state index contributed by atoms with van der Waals surface area (Å²) in [7, 11) is -3.14. The van der Waals surface area contributed by atoms with E-state index in [9.17, 15) is 8.42 Å². The molecule has 0 aliphatic rings. The summed E-state index contributed by atoms with van der Waals surface area (Å²) in [6.45, 7) is 1.79. The van der Waals surface area contributed by atoms with Crippen molar-refractivity contribution in [2.24, 2.45) is 0 Å². The summed E-state index contributed by atoms with van der Waals surface area (Å²) in [5, 5.41) is 18.2. The number of aliphatic hydroxyl groups excluding tert-OH is 2. The van der Waals surface area contributed by atoms with Gasteiger partial charge in [0.05, 0.1) is 5.75 Å². The molecule has 0 rings (SSSR count). The number of allylic oxidation sites excluding steroid dienone is 1. The molecule has 0 aromatic rings. The van der Waals surface area contributed by atoms with Crippen LogP contribution in [0.5, 0.6) is 0 Å². The molecule has 0 aromatic carbocycles. The van der Waals surface area contributed by atoms with Gasteiger partial charge in [0.1, 0.15) is 0 Å². The highest BCUT2D eigenvalue weighted by molar-refractivity contribution is 7.90. The zero-order valence-corrected chi connectivity index (χ0v) is 8.50. The van der Waals surface area contributed by atoms with Gasteiger partial charge < -0.3 is 10.2 Å². The number of hydrogen-bond donors (Lipinski definition) is 2. The molecular formula is C8H14O4S. The van der Waals surface area contributed by atoms with Gasteiger partial charge in [-0.3, -0.25) is 0 Å². The fraction of sp³-hybridized carbons (Fsp3) is 0.500. The smallest absolute Gasteiger partial charge is 0.153 e. The average Bonchev–Trinajstić information content (AvgIpc) is 1.99. The van der Waals surface area contributed by atoms with Gasteiger partial charge in [-0.25, -0.2) is 8.42 Å². The van der Waals surface area contributed by atoms with Gasteiger partial charge in [0.2, 0.25) is 0 Å². The number of hydrogen-bond acceptors (Lipinski definition) is 4. The Hall–Kier alpha value is -0.970. The number of rotatable bonds is 4. The summed E-state index contributed by atoms with van der Waals surface area (Å²) < 4.78 is 21.3. The van der Waals surface area contributed by atoms with Crippen LogP contribution < -0.4 is 0 Å². The van der Waals surface area contributed by atoms with Crippen LogP contribution in [0.15, 0.2) is 23.7 Å². The Balaban J connectivity index is 4.43. The predicted molar refractivity (Wildman–Crippen MR) is 51.4 cm³/mol. The van der Waals surface area contributed by atoms with E-state index in [0.29, 0.717) is 6.42 Å². The topological polar surface area (TPSA) is 74.6 Å². The van der Waals surface area contributed by atoms with E-state index in [1.165, 1.54) is 6.08 Å². The SMILES string of the molecule is CC/C=C(O)\C(O)=C/CS(C)(=O)=O. The molecule has 0 aliphatic carbocycles. The third-order valence-corrected chi connectivity index (χ3v) is 2.01. The molecule has 0 bridgehead atoms. The third-order valence-electron chi connectivity index (χ3n) is 1.24. The van der Waals surface area contributed by atoms with Crippen molar-refractivity contribution in [3.05, 3.63) is 23.7 Å². The molecule has 0 unspecified atom stereocenters. The Labute approximate surface area is 78.1 Å². The van der Waals surface area contributed by atoms with E-state index >= 15 is 0 Å². The van der Waals surface area contributed by atoms with Crippen LogP contribution in [0.25, 0.3) is 0 Å². The van der Waals surface area contributed by atoms with Crippen molar-refractivity contribution in [1.29, 1.82) is 0 Å². The highest BCUT2D eigenvalue weighted by Gasteiger charge is 2.03. The van der Waals surface area contributed by atoms with Crippen molar-refractivity contribution in [3.63, 3.8) is 0 Å². The van der Waals surface area contributed by atoms with Crippen molar-refractivity contribution in [1.82, 2.24) is 0 Å². The van der Waals surface area contributed by atoms with Crippen LogP contribution in [-0.4, -0.2) is 30.6 Å². The van der Waals surface area contributed by atoms with Crippen LogP contribution in [0.3, 0.4) is 0 Å². The van der Waals surface area contributed by atoms with E-state index < -0.39 is 15.6 Å². The lowest BCUT2D eigenvalue weighted by Gasteiger charge is -1.97. The molecule has 13 heavy (non-hydrogen) atoms. The highest BCUT2D eigenvalue weighted by atomic mass is 32.2. The first-order valence-electron chi connectivity index (χ1n) is 3.83. The maximum atomic E-state index is 10.7. The average molecular weight is 206 g/mol. The van der Waals surface area contributed by atoms with Crippen LogP contribution in [0, 0.1) is 0 Å². The minimum absolute atomic E-state index is 0.277. The minimum Gasteiger partial charge on any atom is -0.504 e. The molecule has 5 heteroatoms. The van der Waals surface area contributed by atoms with E-state index in [1.807, 2.05) is 0 Å². The lowest BCUT2D eigenvalue weighted by Crippen LogP contribution is -2.01. The summed E-state index contributed by atoms with van der Waals surface area (Å²) in [6, 6.07) is 0. The molecule has 0 atom stereocenters. The molecule has 0 saturated carbocycles. The number of sulfone groups is 1. The highest BCUT2D eigenvalue weighted by Crippen LogP contribution is 2.03. The fourth-order valence-electron chi connectivity index (χ4n) is 0.633. The molecule has 0 aromatic heterocycles. The molecular weight excluding hydrogens is 192 g/mol. The van der Waals surface area contributed by atoms with Crippen molar-refractivity contribution >= 4 is 9.84 Å².